The Labute approximate surface area is 171 Å². The molecular formula is C20H18ClN5O3. The quantitative estimate of drug-likeness (QED) is 0.684. The fraction of sp³-hybridized carbons (Fsp3) is 0.200. The molecule has 2 amide bonds. The summed E-state index contributed by atoms with van der Waals surface area (Å²) in [5.74, 6) is 0.660. The number of benzene rings is 1. The standard InChI is InChI=1S/C20H18ClN5O3/c1-12-18(19(25-29-12)14-4-2-3-5-15(14)21)20(28)24-13-6-7-16(23-10-13)26-9-8-22-17(27)11-26/h2-7,10H,8-9,11H2,1H3,(H,22,27)(H,24,28). The van der Waals surface area contributed by atoms with Crippen molar-refractivity contribution in [2.45, 2.75) is 6.92 Å². The number of pyridine rings is 1. The Hall–Kier alpha value is -3.39. The molecule has 0 spiro atoms. The summed E-state index contributed by atoms with van der Waals surface area (Å²) in [6.45, 7) is 3.20. The Morgan fingerprint density at radius 3 is 2.83 bits per heavy atom. The molecule has 1 saturated heterocycles. The van der Waals surface area contributed by atoms with Gasteiger partial charge in [-0.05, 0) is 25.1 Å². The van der Waals surface area contributed by atoms with Crippen molar-refractivity contribution in [1.82, 2.24) is 15.5 Å². The zero-order valence-electron chi connectivity index (χ0n) is 15.6. The summed E-state index contributed by atoms with van der Waals surface area (Å²) >= 11 is 6.25. The maximum atomic E-state index is 12.9. The monoisotopic (exact) mass is 411 g/mol. The van der Waals surface area contributed by atoms with Gasteiger partial charge in [-0.1, -0.05) is 35.0 Å². The molecule has 1 aliphatic rings. The molecule has 0 radical (unpaired) electrons. The van der Waals surface area contributed by atoms with Gasteiger partial charge in [0.25, 0.3) is 5.91 Å². The lowest BCUT2D eigenvalue weighted by Crippen LogP contribution is -2.48. The third-order valence-electron chi connectivity index (χ3n) is 4.59. The van der Waals surface area contributed by atoms with Crippen LogP contribution in [0.4, 0.5) is 11.5 Å². The first-order valence-electron chi connectivity index (χ1n) is 9.03. The van der Waals surface area contributed by atoms with Gasteiger partial charge >= 0.3 is 0 Å². The van der Waals surface area contributed by atoms with Crippen LogP contribution in [0.2, 0.25) is 5.02 Å². The van der Waals surface area contributed by atoms with Crippen LogP contribution in [0.15, 0.2) is 47.1 Å². The molecule has 1 fully saturated rings. The Bertz CT molecular complexity index is 1060. The highest BCUT2D eigenvalue weighted by molar-refractivity contribution is 6.33. The third-order valence-corrected chi connectivity index (χ3v) is 4.92. The molecule has 0 bridgehead atoms. The van der Waals surface area contributed by atoms with Crippen LogP contribution in [0.3, 0.4) is 0 Å². The van der Waals surface area contributed by atoms with Crippen LogP contribution >= 0.6 is 11.6 Å². The van der Waals surface area contributed by atoms with Gasteiger partial charge in [0.05, 0.1) is 23.5 Å². The first-order valence-corrected chi connectivity index (χ1v) is 9.41. The molecule has 2 N–H and O–H groups in total. The van der Waals surface area contributed by atoms with E-state index in [0.717, 1.165) is 0 Å². The molecule has 0 aliphatic carbocycles. The molecule has 4 rings (SSSR count). The molecule has 0 atom stereocenters. The summed E-state index contributed by atoms with van der Waals surface area (Å²) < 4.78 is 5.24. The Morgan fingerprint density at radius 1 is 1.28 bits per heavy atom. The van der Waals surface area contributed by atoms with E-state index >= 15 is 0 Å². The first kappa shape index (κ1) is 18.9. The van der Waals surface area contributed by atoms with E-state index in [9.17, 15) is 9.59 Å². The predicted molar refractivity (Wildman–Crippen MR) is 109 cm³/mol. The minimum Gasteiger partial charge on any atom is -0.360 e. The number of amides is 2. The smallest absolute Gasteiger partial charge is 0.261 e. The average Bonchev–Trinajstić information content (AvgIpc) is 3.10. The maximum absolute atomic E-state index is 12.9. The minimum atomic E-state index is -0.370. The first-order chi connectivity index (χ1) is 14.0. The molecule has 148 valence electrons. The van der Waals surface area contributed by atoms with Crippen LogP contribution in [0.25, 0.3) is 11.3 Å². The van der Waals surface area contributed by atoms with Crippen LogP contribution < -0.4 is 15.5 Å². The van der Waals surface area contributed by atoms with Crippen molar-refractivity contribution in [3.05, 3.63) is 58.9 Å². The summed E-state index contributed by atoms with van der Waals surface area (Å²) in [5, 5.41) is 10.1. The maximum Gasteiger partial charge on any atom is 0.261 e. The molecule has 3 aromatic rings. The number of rotatable bonds is 4. The lowest BCUT2D eigenvalue weighted by Gasteiger charge is -2.27. The number of nitrogens with zero attached hydrogens (tertiary/aromatic N) is 3. The molecule has 3 heterocycles. The van der Waals surface area contributed by atoms with Gasteiger partial charge in [-0.2, -0.15) is 0 Å². The van der Waals surface area contributed by atoms with Crippen molar-refractivity contribution in [2.24, 2.45) is 0 Å². The van der Waals surface area contributed by atoms with Gasteiger partial charge in [0.2, 0.25) is 5.91 Å². The predicted octanol–water partition coefficient (Wildman–Crippen LogP) is 2.89. The van der Waals surface area contributed by atoms with Crippen molar-refractivity contribution >= 4 is 34.9 Å². The van der Waals surface area contributed by atoms with Crippen molar-refractivity contribution in [1.29, 1.82) is 0 Å². The van der Waals surface area contributed by atoms with Gasteiger partial charge in [0.15, 0.2) is 0 Å². The summed E-state index contributed by atoms with van der Waals surface area (Å²) in [4.78, 5) is 30.7. The van der Waals surface area contributed by atoms with Crippen molar-refractivity contribution in [2.75, 3.05) is 29.9 Å². The van der Waals surface area contributed by atoms with Gasteiger partial charge in [-0.25, -0.2) is 4.98 Å². The van der Waals surface area contributed by atoms with E-state index in [1.165, 1.54) is 0 Å². The SMILES string of the molecule is Cc1onc(-c2ccccc2Cl)c1C(=O)Nc1ccc(N2CCNC(=O)C2)nc1. The van der Waals surface area contributed by atoms with E-state index in [1.54, 1.807) is 43.5 Å². The van der Waals surface area contributed by atoms with Crippen LogP contribution in [0.1, 0.15) is 16.1 Å². The van der Waals surface area contributed by atoms with Gasteiger partial charge in [0, 0.05) is 18.7 Å². The molecule has 1 aromatic carbocycles. The van der Waals surface area contributed by atoms with Gasteiger partial charge in [-0.3, -0.25) is 9.59 Å². The Kier molecular flexibility index (Phi) is 5.18. The number of hydrogen-bond acceptors (Lipinski definition) is 6. The molecule has 8 nitrogen and oxygen atoms in total. The number of carbonyl (C=O) groups is 2. The number of piperazine rings is 1. The molecular weight excluding hydrogens is 394 g/mol. The van der Waals surface area contributed by atoms with E-state index < -0.39 is 0 Å². The second-order valence-electron chi connectivity index (χ2n) is 6.57. The van der Waals surface area contributed by atoms with Crippen molar-refractivity contribution in [3.63, 3.8) is 0 Å². The second-order valence-corrected chi connectivity index (χ2v) is 6.98. The topological polar surface area (TPSA) is 100 Å². The average molecular weight is 412 g/mol. The van der Waals surface area contributed by atoms with Crippen LogP contribution in [0.5, 0.6) is 0 Å². The molecule has 29 heavy (non-hydrogen) atoms. The fourth-order valence-corrected chi connectivity index (χ4v) is 3.38. The highest BCUT2D eigenvalue weighted by Crippen LogP contribution is 2.31. The minimum absolute atomic E-state index is 0.0366. The summed E-state index contributed by atoms with van der Waals surface area (Å²) in [6.07, 6.45) is 1.55. The zero-order valence-corrected chi connectivity index (χ0v) is 16.4. The van der Waals surface area contributed by atoms with Crippen LogP contribution in [-0.4, -0.2) is 41.6 Å². The lowest BCUT2D eigenvalue weighted by molar-refractivity contribution is -0.120. The third kappa shape index (κ3) is 3.93. The van der Waals surface area contributed by atoms with Gasteiger partial charge < -0.3 is 20.1 Å². The second kappa shape index (κ2) is 7.92. The normalized spacial score (nSPS) is 13.9. The molecule has 1 aliphatic heterocycles. The Balaban J connectivity index is 1.54. The summed E-state index contributed by atoms with van der Waals surface area (Å²) in [6, 6.07) is 10.6. The number of aromatic nitrogens is 2. The van der Waals surface area contributed by atoms with Crippen LogP contribution in [-0.2, 0) is 4.79 Å². The number of aryl methyl sites for hydroxylation is 1. The zero-order chi connectivity index (χ0) is 20.4. The molecule has 0 saturated carbocycles. The highest BCUT2D eigenvalue weighted by atomic mass is 35.5. The number of anilines is 2. The summed E-state index contributed by atoms with van der Waals surface area (Å²) in [7, 11) is 0. The van der Waals surface area contributed by atoms with E-state index in [1.807, 2.05) is 11.0 Å². The highest BCUT2D eigenvalue weighted by Gasteiger charge is 2.23. The molecule has 9 heteroatoms. The number of halogens is 1. The van der Waals surface area contributed by atoms with Crippen molar-refractivity contribution in [3.8, 4) is 11.3 Å². The van der Waals surface area contributed by atoms with E-state index in [0.29, 0.717) is 52.2 Å². The van der Waals surface area contributed by atoms with E-state index in [2.05, 4.69) is 20.8 Å². The van der Waals surface area contributed by atoms with E-state index in [4.69, 9.17) is 16.1 Å². The van der Waals surface area contributed by atoms with Crippen molar-refractivity contribution < 1.29 is 14.1 Å². The lowest BCUT2D eigenvalue weighted by atomic mass is 10.1. The fourth-order valence-electron chi connectivity index (χ4n) is 3.15. The Morgan fingerprint density at radius 2 is 2.10 bits per heavy atom. The molecule has 2 aromatic heterocycles. The van der Waals surface area contributed by atoms with E-state index in [-0.39, 0.29) is 18.4 Å². The molecule has 0 unspecified atom stereocenters. The largest absolute Gasteiger partial charge is 0.360 e. The number of hydrogen-bond donors (Lipinski definition) is 2. The van der Waals surface area contributed by atoms with Gasteiger partial charge in [-0.15, -0.1) is 0 Å². The van der Waals surface area contributed by atoms with Gasteiger partial charge in [0.1, 0.15) is 22.8 Å². The van der Waals surface area contributed by atoms with Crippen LogP contribution in [0, 0.1) is 6.92 Å². The number of carbonyl (C=O) groups excluding carboxylic acids is 2. The number of nitrogens with one attached hydrogen (secondary N) is 2. The summed E-state index contributed by atoms with van der Waals surface area (Å²) in [5.41, 5.74) is 1.84.